The Morgan fingerprint density at radius 3 is 2.89 bits per heavy atom. The fraction of sp³-hybridized carbons (Fsp3) is 0.933. The van der Waals surface area contributed by atoms with Gasteiger partial charge in [-0.05, 0) is 44.9 Å². The van der Waals surface area contributed by atoms with Crippen LogP contribution in [0.15, 0.2) is 0 Å². The van der Waals surface area contributed by atoms with Gasteiger partial charge in [-0.3, -0.25) is 4.79 Å². The zero-order valence-electron chi connectivity index (χ0n) is 12.3. The number of hydrogen-bond acceptors (Lipinski definition) is 3. The number of thioether (sulfide) groups is 1. The lowest BCUT2D eigenvalue weighted by atomic mass is 9.76. The minimum absolute atomic E-state index is 0.140. The third-order valence-corrected chi connectivity index (χ3v) is 5.92. The van der Waals surface area contributed by atoms with Crippen molar-refractivity contribution in [2.45, 2.75) is 63.2 Å². The van der Waals surface area contributed by atoms with Crippen LogP contribution in [0.4, 0.5) is 0 Å². The summed E-state index contributed by atoms with van der Waals surface area (Å²) in [7, 11) is 0. The first-order chi connectivity index (χ1) is 9.22. The fourth-order valence-electron chi connectivity index (χ4n) is 3.66. The Balaban J connectivity index is 1.99. The second-order valence-electron chi connectivity index (χ2n) is 6.10. The highest BCUT2D eigenvalue weighted by atomic mass is 32.2. The summed E-state index contributed by atoms with van der Waals surface area (Å²) in [6, 6.07) is 0.401. The van der Waals surface area contributed by atoms with Gasteiger partial charge in [0.25, 0.3) is 0 Å². The smallest absolute Gasteiger partial charge is 0.227 e. The summed E-state index contributed by atoms with van der Waals surface area (Å²) in [5.74, 6) is 0.313. The number of carbonyl (C=O) groups is 1. The molecule has 1 saturated carbocycles. The van der Waals surface area contributed by atoms with Crippen LogP contribution in [0.1, 0.15) is 51.9 Å². The Hall–Kier alpha value is -0.220. The first kappa shape index (κ1) is 15.2. The maximum absolute atomic E-state index is 12.8. The molecule has 19 heavy (non-hydrogen) atoms. The molecule has 0 radical (unpaired) electrons. The van der Waals surface area contributed by atoms with Gasteiger partial charge >= 0.3 is 0 Å². The maximum atomic E-state index is 12.8. The molecule has 0 aromatic carbocycles. The Morgan fingerprint density at radius 1 is 1.42 bits per heavy atom. The van der Waals surface area contributed by atoms with Crippen LogP contribution in [0.5, 0.6) is 0 Å². The van der Waals surface area contributed by atoms with E-state index in [1.54, 1.807) is 0 Å². The van der Waals surface area contributed by atoms with Gasteiger partial charge in [0.05, 0.1) is 5.41 Å². The van der Waals surface area contributed by atoms with Gasteiger partial charge in [-0.1, -0.05) is 19.8 Å². The average Bonchev–Trinajstić information content (AvgIpc) is 2.87. The molecular formula is C15H28N2OS. The van der Waals surface area contributed by atoms with Crippen molar-refractivity contribution in [1.82, 2.24) is 10.6 Å². The third-order valence-electron chi connectivity index (χ3n) is 4.75. The molecule has 3 nitrogen and oxygen atoms in total. The molecule has 2 fully saturated rings. The highest BCUT2D eigenvalue weighted by Crippen LogP contribution is 2.34. The van der Waals surface area contributed by atoms with Gasteiger partial charge in [-0.15, -0.1) is 0 Å². The summed E-state index contributed by atoms with van der Waals surface area (Å²) in [4.78, 5) is 12.8. The maximum Gasteiger partial charge on any atom is 0.227 e. The quantitative estimate of drug-likeness (QED) is 0.815. The predicted octanol–water partition coefficient (Wildman–Crippen LogP) is 2.56. The van der Waals surface area contributed by atoms with Gasteiger partial charge in [0.2, 0.25) is 5.91 Å². The zero-order valence-corrected chi connectivity index (χ0v) is 13.2. The molecule has 3 atom stereocenters. The van der Waals surface area contributed by atoms with E-state index < -0.39 is 0 Å². The Labute approximate surface area is 121 Å². The number of hydrogen-bond donors (Lipinski definition) is 2. The summed E-state index contributed by atoms with van der Waals surface area (Å²) in [5, 5.41) is 7.43. The van der Waals surface area contributed by atoms with Gasteiger partial charge in [0, 0.05) is 17.8 Å². The average molecular weight is 284 g/mol. The Morgan fingerprint density at radius 2 is 2.26 bits per heavy atom. The van der Waals surface area contributed by atoms with Crippen LogP contribution >= 0.6 is 11.8 Å². The van der Waals surface area contributed by atoms with Gasteiger partial charge < -0.3 is 10.6 Å². The van der Waals surface area contributed by atoms with E-state index in [9.17, 15) is 4.79 Å². The lowest BCUT2D eigenvalue weighted by Gasteiger charge is -2.37. The van der Waals surface area contributed by atoms with E-state index in [4.69, 9.17) is 0 Å². The van der Waals surface area contributed by atoms with Crippen LogP contribution in [0, 0.1) is 5.41 Å². The van der Waals surface area contributed by atoms with E-state index in [-0.39, 0.29) is 5.41 Å². The molecule has 2 N–H and O–H groups in total. The second-order valence-corrected chi connectivity index (χ2v) is 7.17. The fourth-order valence-corrected chi connectivity index (χ4v) is 4.60. The third kappa shape index (κ3) is 3.46. The molecule has 4 heteroatoms. The number of nitrogens with one attached hydrogen (secondary N) is 2. The van der Waals surface area contributed by atoms with Gasteiger partial charge in [-0.25, -0.2) is 0 Å². The minimum atomic E-state index is -0.140. The molecule has 3 unspecified atom stereocenters. The monoisotopic (exact) mass is 284 g/mol. The number of amides is 1. The topological polar surface area (TPSA) is 41.1 Å². The van der Waals surface area contributed by atoms with Crippen molar-refractivity contribution in [3.8, 4) is 0 Å². The molecule has 0 bridgehead atoms. The van der Waals surface area contributed by atoms with Gasteiger partial charge in [0.1, 0.15) is 0 Å². The molecule has 1 aliphatic carbocycles. The SMILES string of the molecule is CCCC1(C(=O)NC2CCCC2SC)CCCNC1. The molecule has 0 aromatic rings. The van der Waals surface area contributed by atoms with Crippen LogP contribution < -0.4 is 10.6 Å². The number of piperidine rings is 1. The van der Waals surface area contributed by atoms with Crippen molar-refractivity contribution >= 4 is 17.7 Å². The molecule has 110 valence electrons. The summed E-state index contributed by atoms with van der Waals surface area (Å²) in [5.41, 5.74) is -0.140. The summed E-state index contributed by atoms with van der Waals surface area (Å²) < 4.78 is 0. The number of carbonyl (C=O) groups excluding carboxylic acids is 1. The van der Waals surface area contributed by atoms with Crippen molar-refractivity contribution in [3.05, 3.63) is 0 Å². The zero-order chi connectivity index (χ0) is 13.7. The molecule has 1 heterocycles. The summed E-state index contributed by atoms with van der Waals surface area (Å²) >= 11 is 1.91. The molecular weight excluding hydrogens is 256 g/mol. The Kier molecular flexibility index (Phi) is 5.58. The first-order valence-electron chi connectivity index (χ1n) is 7.76. The largest absolute Gasteiger partial charge is 0.352 e. The molecule has 0 spiro atoms. The number of rotatable bonds is 5. The van der Waals surface area contributed by atoms with Crippen LogP contribution in [-0.2, 0) is 4.79 Å². The van der Waals surface area contributed by atoms with Crippen molar-refractivity contribution < 1.29 is 4.79 Å². The van der Waals surface area contributed by atoms with Crippen molar-refractivity contribution in [1.29, 1.82) is 0 Å². The van der Waals surface area contributed by atoms with E-state index in [0.717, 1.165) is 45.2 Å². The van der Waals surface area contributed by atoms with Crippen LogP contribution in [0.2, 0.25) is 0 Å². The summed E-state index contributed by atoms with van der Waals surface area (Å²) in [6.45, 7) is 4.11. The van der Waals surface area contributed by atoms with Crippen molar-refractivity contribution in [2.75, 3.05) is 19.3 Å². The van der Waals surface area contributed by atoms with Crippen LogP contribution in [0.25, 0.3) is 0 Å². The standard InChI is InChI=1S/C15H28N2OS/c1-3-8-15(9-5-10-16-11-15)14(18)17-12-6-4-7-13(12)19-2/h12-13,16H,3-11H2,1-2H3,(H,17,18). The molecule has 2 rings (SSSR count). The predicted molar refractivity (Wildman–Crippen MR) is 82.5 cm³/mol. The van der Waals surface area contributed by atoms with E-state index in [2.05, 4.69) is 23.8 Å². The lowest BCUT2D eigenvalue weighted by Crippen LogP contribution is -2.53. The minimum Gasteiger partial charge on any atom is -0.352 e. The highest BCUT2D eigenvalue weighted by Gasteiger charge is 2.40. The van der Waals surface area contributed by atoms with Gasteiger partial charge in [-0.2, -0.15) is 11.8 Å². The molecule has 1 aliphatic heterocycles. The normalized spacial score (nSPS) is 35.3. The first-order valence-corrected chi connectivity index (χ1v) is 9.05. The highest BCUT2D eigenvalue weighted by molar-refractivity contribution is 7.99. The lowest BCUT2D eigenvalue weighted by molar-refractivity contribution is -0.133. The summed E-state index contributed by atoms with van der Waals surface area (Å²) in [6.07, 6.45) is 10.1. The second kappa shape index (κ2) is 6.98. The van der Waals surface area contributed by atoms with E-state index in [1.165, 1.54) is 12.8 Å². The van der Waals surface area contributed by atoms with Crippen molar-refractivity contribution in [3.63, 3.8) is 0 Å². The van der Waals surface area contributed by atoms with Crippen LogP contribution in [-0.4, -0.2) is 36.5 Å². The van der Waals surface area contributed by atoms with Gasteiger partial charge in [0.15, 0.2) is 0 Å². The molecule has 1 amide bonds. The molecule has 0 aromatic heterocycles. The van der Waals surface area contributed by atoms with E-state index in [0.29, 0.717) is 17.2 Å². The molecule has 1 saturated heterocycles. The Bertz CT molecular complexity index is 297. The van der Waals surface area contributed by atoms with E-state index >= 15 is 0 Å². The molecule has 2 aliphatic rings. The van der Waals surface area contributed by atoms with Crippen molar-refractivity contribution in [2.24, 2.45) is 5.41 Å². The van der Waals surface area contributed by atoms with Crippen LogP contribution in [0.3, 0.4) is 0 Å². The van der Waals surface area contributed by atoms with E-state index in [1.807, 2.05) is 11.8 Å².